The molecule has 528 valence electrons. The summed E-state index contributed by atoms with van der Waals surface area (Å²) in [6.45, 7) is 14.1. The molecule has 0 aromatic heterocycles. The van der Waals surface area contributed by atoms with Crippen LogP contribution in [-0.4, -0.2) is 96.7 Å². The van der Waals surface area contributed by atoms with Crippen LogP contribution in [0.1, 0.15) is 344 Å². The molecule has 0 heterocycles. The number of aliphatic hydroxyl groups is 1. The molecule has 0 saturated carbocycles. The highest BCUT2D eigenvalue weighted by Crippen LogP contribution is 2.45. The first-order chi connectivity index (χ1) is 42.6. The Balaban J connectivity index is 5.24. The van der Waals surface area contributed by atoms with E-state index in [1.54, 1.807) is 0 Å². The largest absolute Gasteiger partial charge is 0.472 e. The summed E-state index contributed by atoms with van der Waals surface area (Å²) in [4.78, 5) is 72.5. The lowest BCUT2D eigenvalue weighted by atomic mass is 10.0. The molecule has 19 heteroatoms. The van der Waals surface area contributed by atoms with E-state index in [9.17, 15) is 43.2 Å². The Labute approximate surface area is 543 Å². The first kappa shape index (κ1) is 87.1. The summed E-state index contributed by atoms with van der Waals surface area (Å²) < 4.78 is 68.3. The molecule has 0 saturated heterocycles. The maximum atomic E-state index is 13.0. The van der Waals surface area contributed by atoms with Crippen molar-refractivity contribution in [2.45, 2.75) is 363 Å². The van der Waals surface area contributed by atoms with Crippen molar-refractivity contribution in [3.8, 4) is 0 Å². The van der Waals surface area contributed by atoms with Gasteiger partial charge in [0.25, 0.3) is 0 Å². The molecule has 0 aliphatic carbocycles. The van der Waals surface area contributed by atoms with Crippen LogP contribution in [0, 0.1) is 23.7 Å². The number of carbonyl (C=O) groups excluding carboxylic acids is 4. The SMILES string of the molecule is CC(C)CCCCCCCCCCCCCCCC(=O)O[C@H](COC(=O)CCCCCCCCCC(C)C)COP(=O)(O)OCC(O)COP(=O)(O)OC[C@@H](COC(=O)CCCCCCCCCCCC(C)C)OC(=O)CCCCCCCCCCC(C)C. The second kappa shape index (κ2) is 59.8. The van der Waals surface area contributed by atoms with Crippen molar-refractivity contribution >= 4 is 39.5 Å². The Kier molecular flexibility index (Phi) is 58.5. The lowest BCUT2D eigenvalue weighted by Gasteiger charge is -2.21. The summed E-state index contributed by atoms with van der Waals surface area (Å²) in [6, 6.07) is 0. The first-order valence-corrected chi connectivity index (χ1v) is 39.2. The molecule has 0 rings (SSSR count). The van der Waals surface area contributed by atoms with Gasteiger partial charge in [0, 0.05) is 25.7 Å². The van der Waals surface area contributed by atoms with Gasteiger partial charge in [-0.25, -0.2) is 9.13 Å². The first-order valence-electron chi connectivity index (χ1n) is 36.2. The van der Waals surface area contributed by atoms with Gasteiger partial charge < -0.3 is 33.8 Å². The van der Waals surface area contributed by atoms with Crippen molar-refractivity contribution in [2.75, 3.05) is 39.6 Å². The van der Waals surface area contributed by atoms with E-state index in [0.717, 1.165) is 114 Å². The van der Waals surface area contributed by atoms with E-state index in [1.165, 1.54) is 141 Å². The minimum Gasteiger partial charge on any atom is -0.462 e. The zero-order valence-electron chi connectivity index (χ0n) is 58.1. The number of rotatable bonds is 67. The molecule has 0 spiro atoms. The average molecular weight is 1310 g/mol. The zero-order valence-corrected chi connectivity index (χ0v) is 59.8. The molecular weight excluding hydrogens is 1170 g/mol. The van der Waals surface area contributed by atoms with Crippen LogP contribution < -0.4 is 0 Å². The molecule has 3 N–H and O–H groups in total. The van der Waals surface area contributed by atoms with Crippen molar-refractivity contribution in [1.82, 2.24) is 0 Å². The average Bonchev–Trinajstić information content (AvgIpc) is 3.68. The second-order valence-corrected chi connectivity index (χ2v) is 30.1. The molecule has 0 aromatic rings. The third kappa shape index (κ3) is 64.6. The van der Waals surface area contributed by atoms with Crippen LogP contribution in [-0.2, 0) is 65.4 Å². The predicted molar refractivity (Wildman–Crippen MR) is 358 cm³/mol. The molecule has 5 atom stereocenters. The van der Waals surface area contributed by atoms with Gasteiger partial charge >= 0.3 is 39.5 Å². The number of aliphatic hydroxyl groups excluding tert-OH is 1. The van der Waals surface area contributed by atoms with Gasteiger partial charge in [0.1, 0.15) is 19.3 Å². The fraction of sp³-hybridized carbons (Fsp3) is 0.943. The molecule has 3 unspecified atom stereocenters. The maximum Gasteiger partial charge on any atom is 0.472 e. The van der Waals surface area contributed by atoms with E-state index >= 15 is 0 Å². The standard InChI is InChI=1S/C70H136O17P2/c1-60(2)46-38-30-22-15-12-10-9-11-13-17-27-36-44-52-69(74)86-66(57-81-68(73)51-43-35-29-21-25-33-41-49-63(7)8)59-85-89(78,79)83-55-64(71)54-82-88(76,77)84-58-65(87-70(75)53-45-37-28-20-19-24-32-40-48-62(5)6)56-80-67(72)50-42-34-26-18-14-16-23-31-39-47-61(3)4/h60-66,71H,9-59H2,1-8H3,(H,76,77)(H,78,79)/t64?,65-,66-/m1/s1. The van der Waals surface area contributed by atoms with Gasteiger partial charge in [-0.3, -0.25) is 37.3 Å². The Morgan fingerprint density at radius 2 is 0.472 bits per heavy atom. The number of phosphoric ester groups is 2. The van der Waals surface area contributed by atoms with E-state index < -0.39 is 97.5 Å². The smallest absolute Gasteiger partial charge is 0.462 e. The lowest BCUT2D eigenvalue weighted by Crippen LogP contribution is -2.30. The Hall–Kier alpha value is -1.94. The number of unbranched alkanes of at least 4 members (excludes halogenated alkanes) is 33. The maximum absolute atomic E-state index is 13.0. The number of hydrogen-bond acceptors (Lipinski definition) is 15. The Morgan fingerprint density at radius 1 is 0.281 bits per heavy atom. The van der Waals surface area contributed by atoms with Crippen molar-refractivity contribution in [3.05, 3.63) is 0 Å². The Bertz CT molecular complexity index is 1760. The third-order valence-corrected chi connectivity index (χ3v) is 18.0. The molecule has 0 radical (unpaired) electrons. The topological polar surface area (TPSA) is 237 Å². The van der Waals surface area contributed by atoms with Gasteiger partial charge in [0.05, 0.1) is 26.4 Å². The van der Waals surface area contributed by atoms with Crippen LogP contribution in [0.3, 0.4) is 0 Å². The van der Waals surface area contributed by atoms with Crippen LogP contribution in [0.15, 0.2) is 0 Å². The summed E-state index contributed by atoms with van der Waals surface area (Å²) in [5, 5.41) is 10.6. The summed E-state index contributed by atoms with van der Waals surface area (Å²) in [5.74, 6) is 0.822. The lowest BCUT2D eigenvalue weighted by molar-refractivity contribution is -0.161. The van der Waals surface area contributed by atoms with Gasteiger partial charge in [-0.1, -0.05) is 293 Å². The molecule has 0 aliphatic rings. The van der Waals surface area contributed by atoms with Crippen molar-refractivity contribution in [1.29, 1.82) is 0 Å². The van der Waals surface area contributed by atoms with Crippen LogP contribution >= 0.6 is 15.6 Å². The number of hydrogen-bond donors (Lipinski definition) is 3. The Morgan fingerprint density at radius 3 is 0.697 bits per heavy atom. The molecule has 0 amide bonds. The monoisotopic (exact) mass is 1310 g/mol. The third-order valence-electron chi connectivity index (χ3n) is 16.1. The summed E-state index contributed by atoms with van der Waals surface area (Å²) >= 11 is 0. The molecular formula is C70H136O17P2. The molecule has 0 bridgehead atoms. The van der Waals surface area contributed by atoms with Gasteiger partial charge in [0.2, 0.25) is 0 Å². The molecule has 89 heavy (non-hydrogen) atoms. The van der Waals surface area contributed by atoms with E-state index in [4.69, 9.17) is 37.0 Å². The van der Waals surface area contributed by atoms with E-state index in [0.29, 0.717) is 31.6 Å². The molecule has 17 nitrogen and oxygen atoms in total. The van der Waals surface area contributed by atoms with Gasteiger partial charge in [-0.05, 0) is 49.4 Å². The zero-order chi connectivity index (χ0) is 66.1. The van der Waals surface area contributed by atoms with E-state index in [1.807, 2.05) is 0 Å². The quantitative estimate of drug-likeness (QED) is 0.0222. The fourth-order valence-corrected chi connectivity index (χ4v) is 12.1. The highest BCUT2D eigenvalue weighted by molar-refractivity contribution is 7.47. The van der Waals surface area contributed by atoms with Crippen LogP contribution in [0.2, 0.25) is 0 Å². The highest BCUT2D eigenvalue weighted by atomic mass is 31.2. The van der Waals surface area contributed by atoms with E-state index in [-0.39, 0.29) is 25.7 Å². The van der Waals surface area contributed by atoms with Crippen molar-refractivity contribution < 1.29 is 80.2 Å². The van der Waals surface area contributed by atoms with E-state index in [2.05, 4.69) is 55.4 Å². The number of phosphoric acid groups is 2. The number of carbonyl (C=O) groups is 4. The minimum absolute atomic E-state index is 0.104. The molecule has 0 aliphatic heterocycles. The van der Waals surface area contributed by atoms with Crippen molar-refractivity contribution in [3.63, 3.8) is 0 Å². The number of esters is 4. The normalized spacial score (nSPS) is 14.3. The van der Waals surface area contributed by atoms with Crippen LogP contribution in [0.25, 0.3) is 0 Å². The minimum atomic E-state index is -4.95. The van der Waals surface area contributed by atoms with Crippen LogP contribution in [0.4, 0.5) is 0 Å². The second-order valence-electron chi connectivity index (χ2n) is 27.2. The van der Waals surface area contributed by atoms with Gasteiger partial charge in [0.15, 0.2) is 12.2 Å². The molecule has 0 aromatic carbocycles. The summed E-state index contributed by atoms with van der Waals surface area (Å²) in [5.41, 5.74) is 0. The summed E-state index contributed by atoms with van der Waals surface area (Å²) in [7, 11) is -9.90. The number of ether oxygens (including phenoxy) is 4. The van der Waals surface area contributed by atoms with Gasteiger partial charge in [-0.2, -0.15) is 0 Å². The van der Waals surface area contributed by atoms with Crippen LogP contribution in [0.5, 0.6) is 0 Å². The predicted octanol–water partition coefficient (Wildman–Crippen LogP) is 19.7. The fourth-order valence-electron chi connectivity index (χ4n) is 10.5. The summed E-state index contributed by atoms with van der Waals surface area (Å²) in [6.07, 6.45) is 41.8. The highest BCUT2D eigenvalue weighted by Gasteiger charge is 2.30. The van der Waals surface area contributed by atoms with Gasteiger partial charge in [-0.15, -0.1) is 0 Å². The van der Waals surface area contributed by atoms with Crippen molar-refractivity contribution in [2.24, 2.45) is 23.7 Å². The molecule has 0 fully saturated rings.